The molecule has 1 aromatic carbocycles. The van der Waals surface area contributed by atoms with Gasteiger partial charge in [-0.3, -0.25) is 9.48 Å². The molecule has 1 aromatic heterocycles. The van der Waals surface area contributed by atoms with Crippen LogP contribution in [0.3, 0.4) is 0 Å². The summed E-state index contributed by atoms with van der Waals surface area (Å²) < 4.78 is 1.65. The van der Waals surface area contributed by atoms with Gasteiger partial charge in [0.05, 0.1) is 11.6 Å². The molecule has 0 saturated heterocycles. The average molecular weight is 272 g/mol. The van der Waals surface area contributed by atoms with Crippen LogP contribution in [0.25, 0.3) is 0 Å². The Morgan fingerprint density at radius 1 is 1.35 bits per heavy atom. The molecule has 3 N–H and O–H groups in total. The molecule has 0 aliphatic carbocycles. The second-order valence-corrected chi connectivity index (χ2v) is 5.01. The van der Waals surface area contributed by atoms with E-state index in [4.69, 9.17) is 5.73 Å². The highest BCUT2D eigenvalue weighted by Crippen LogP contribution is 2.20. The zero-order valence-electron chi connectivity index (χ0n) is 12.0. The first-order valence-corrected chi connectivity index (χ1v) is 6.61. The molecule has 0 aliphatic rings. The topological polar surface area (TPSA) is 72.9 Å². The van der Waals surface area contributed by atoms with E-state index in [1.807, 2.05) is 50.2 Å². The fourth-order valence-corrected chi connectivity index (χ4v) is 2.09. The number of nitrogens with zero attached hydrogens (tertiary/aromatic N) is 2. The average Bonchev–Trinajstić information content (AvgIpc) is 2.76. The van der Waals surface area contributed by atoms with Gasteiger partial charge in [0, 0.05) is 19.2 Å². The molecular formula is C15H20N4O. The molecule has 0 radical (unpaired) electrons. The van der Waals surface area contributed by atoms with Crippen molar-refractivity contribution < 1.29 is 4.79 Å². The molecular weight excluding hydrogens is 252 g/mol. The van der Waals surface area contributed by atoms with Gasteiger partial charge < -0.3 is 11.1 Å². The summed E-state index contributed by atoms with van der Waals surface area (Å²) in [4.78, 5) is 12.3. The van der Waals surface area contributed by atoms with Crippen molar-refractivity contribution >= 4 is 11.7 Å². The molecule has 0 bridgehead atoms. The third-order valence-electron chi connectivity index (χ3n) is 3.39. The van der Waals surface area contributed by atoms with Crippen LogP contribution in [0.1, 0.15) is 24.2 Å². The lowest BCUT2D eigenvalue weighted by molar-refractivity contribution is -0.120. The van der Waals surface area contributed by atoms with E-state index in [0.717, 1.165) is 11.3 Å². The Hall–Kier alpha value is -2.14. The number of hydrogen-bond donors (Lipinski definition) is 2. The number of nitrogens with one attached hydrogen (secondary N) is 1. The largest absolute Gasteiger partial charge is 0.323 e. The van der Waals surface area contributed by atoms with Gasteiger partial charge in [0.1, 0.15) is 5.82 Å². The Morgan fingerprint density at radius 3 is 2.55 bits per heavy atom. The summed E-state index contributed by atoms with van der Waals surface area (Å²) in [6, 6.07) is 11.1. The zero-order valence-corrected chi connectivity index (χ0v) is 12.0. The minimum Gasteiger partial charge on any atom is -0.323 e. The Bertz CT molecular complexity index is 591. The Kier molecular flexibility index (Phi) is 4.20. The molecule has 20 heavy (non-hydrogen) atoms. The van der Waals surface area contributed by atoms with E-state index < -0.39 is 0 Å². The summed E-state index contributed by atoms with van der Waals surface area (Å²) in [6.07, 6.45) is 0. The van der Waals surface area contributed by atoms with E-state index in [1.54, 1.807) is 11.7 Å². The maximum Gasteiger partial charge on any atom is 0.230 e. The quantitative estimate of drug-likeness (QED) is 0.894. The predicted molar refractivity (Wildman–Crippen MR) is 79.1 cm³/mol. The Morgan fingerprint density at radius 2 is 2.00 bits per heavy atom. The van der Waals surface area contributed by atoms with Crippen molar-refractivity contribution in [1.29, 1.82) is 0 Å². The molecule has 0 saturated carbocycles. The molecule has 1 heterocycles. The zero-order chi connectivity index (χ0) is 14.7. The fraction of sp³-hybridized carbons (Fsp3) is 0.333. The molecule has 106 valence electrons. The number of hydrogen-bond acceptors (Lipinski definition) is 3. The number of aromatic nitrogens is 2. The predicted octanol–water partition coefficient (Wildman–Crippen LogP) is 2.00. The van der Waals surface area contributed by atoms with Gasteiger partial charge in [0.2, 0.25) is 5.91 Å². The number of anilines is 1. The highest BCUT2D eigenvalue weighted by atomic mass is 16.2. The third-order valence-corrected chi connectivity index (χ3v) is 3.39. The van der Waals surface area contributed by atoms with Crippen molar-refractivity contribution in [3.63, 3.8) is 0 Å². The molecule has 2 rings (SSSR count). The smallest absolute Gasteiger partial charge is 0.230 e. The van der Waals surface area contributed by atoms with Crippen molar-refractivity contribution in [3.8, 4) is 0 Å². The van der Waals surface area contributed by atoms with Gasteiger partial charge >= 0.3 is 0 Å². The molecule has 5 nitrogen and oxygen atoms in total. The standard InChI is InChI=1S/C15H20N4O/c1-10-9-13(19(3)18-10)17-15(20)11(2)14(16)12-7-5-4-6-8-12/h4-9,11,14H,16H2,1-3H3,(H,17,20). The number of carbonyl (C=O) groups excluding carboxylic acids is 1. The first kappa shape index (κ1) is 14.3. The van der Waals surface area contributed by atoms with Gasteiger partial charge in [-0.15, -0.1) is 0 Å². The lowest BCUT2D eigenvalue weighted by atomic mass is 9.95. The van der Waals surface area contributed by atoms with Gasteiger partial charge in [0.25, 0.3) is 0 Å². The molecule has 2 unspecified atom stereocenters. The Balaban J connectivity index is 2.07. The minimum atomic E-state index is -0.328. The monoisotopic (exact) mass is 272 g/mol. The summed E-state index contributed by atoms with van der Waals surface area (Å²) in [7, 11) is 1.80. The molecule has 2 atom stereocenters. The van der Waals surface area contributed by atoms with E-state index in [1.165, 1.54) is 0 Å². The number of rotatable bonds is 4. The van der Waals surface area contributed by atoms with Crippen LogP contribution in [0.15, 0.2) is 36.4 Å². The molecule has 0 fully saturated rings. The van der Waals surface area contributed by atoms with E-state index in [2.05, 4.69) is 10.4 Å². The molecule has 0 aliphatic heterocycles. The number of amides is 1. The number of carbonyl (C=O) groups is 1. The van der Waals surface area contributed by atoms with Gasteiger partial charge in [-0.1, -0.05) is 37.3 Å². The molecule has 5 heteroatoms. The number of aryl methyl sites for hydroxylation is 2. The minimum absolute atomic E-state index is 0.107. The van der Waals surface area contributed by atoms with Gasteiger partial charge in [-0.2, -0.15) is 5.10 Å². The first-order chi connectivity index (χ1) is 9.49. The SMILES string of the molecule is Cc1cc(NC(=O)C(C)C(N)c2ccccc2)n(C)n1. The van der Waals surface area contributed by atoms with Crippen LogP contribution in [0.5, 0.6) is 0 Å². The van der Waals surface area contributed by atoms with Crippen molar-refractivity contribution in [2.24, 2.45) is 18.7 Å². The van der Waals surface area contributed by atoms with Crippen molar-refractivity contribution in [3.05, 3.63) is 47.7 Å². The van der Waals surface area contributed by atoms with Crippen LogP contribution < -0.4 is 11.1 Å². The summed E-state index contributed by atoms with van der Waals surface area (Å²) in [5.41, 5.74) is 7.97. The van der Waals surface area contributed by atoms with Crippen molar-refractivity contribution in [1.82, 2.24) is 9.78 Å². The second kappa shape index (κ2) is 5.88. The van der Waals surface area contributed by atoms with Crippen LogP contribution in [0.4, 0.5) is 5.82 Å². The van der Waals surface area contributed by atoms with Crippen LogP contribution in [-0.2, 0) is 11.8 Å². The third kappa shape index (κ3) is 3.05. The van der Waals surface area contributed by atoms with E-state index in [9.17, 15) is 4.79 Å². The first-order valence-electron chi connectivity index (χ1n) is 6.61. The number of benzene rings is 1. The highest BCUT2D eigenvalue weighted by molar-refractivity contribution is 5.92. The van der Waals surface area contributed by atoms with Gasteiger partial charge in [-0.05, 0) is 12.5 Å². The van der Waals surface area contributed by atoms with Crippen LogP contribution in [0, 0.1) is 12.8 Å². The summed E-state index contributed by atoms with van der Waals surface area (Å²) in [5.74, 6) is 0.247. The van der Waals surface area contributed by atoms with Gasteiger partial charge in [0.15, 0.2) is 0 Å². The summed E-state index contributed by atoms with van der Waals surface area (Å²) in [5, 5.41) is 7.06. The second-order valence-electron chi connectivity index (χ2n) is 5.01. The molecule has 2 aromatic rings. The van der Waals surface area contributed by atoms with Crippen LogP contribution >= 0.6 is 0 Å². The maximum absolute atomic E-state index is 12.3. The summed E-state index contributed by atoms with van der Waals surface area (Å²) in [6.45, 7) is 3.71. The molecule has 0 spiro atoms. The van der Waals surface area contributed by atoms with E-state index in [0.29, 0.717) is 5.82 Å². The Labute approximate surface area is 118 Å². The van der Waals surface area contributed by atoms with E-state index in [-0.39, 0.29) is 17.9 Å². The lowest BCUT2D eigenvalue weighted by Crippen LogP contribution is -2.31. The highest BCUT2D eigenvalue weighted by Gasteiger charge is 2.22. The van der Waals surface area contributed by atoms with Crippen molar-refractivity contribution in [2.75, 3.05) is 5.32 Å². The van der Waals surface area contributed by atoms with Crippen molar-refractivity contribution in [2.45, 2.75) is 19.9 Å². The summed E-state index contributed by atoms with van der Waals surface area (Å²) >= 11 is 0. The van der Waals surface area contributed by atoms with Crippen LogP contribution in [-0.4, -0.2) is 15.7 Å². The lowest BCUT2D eigenvalue weighted by Gasteiger charge is -2.19. The maximum atomic E-state index is 12.3. The normalized spacial score (nSPS) is 13.8. The van der Waals surface area contributed by atoms with Gasteiger partial charge in [-0.25, -0.2) is 0 Å². The molecule has 1 amide bonds. The van der Waals surface area contributed by atoms with Crippen LogP contribution in [0.2, 0.25) is 0 Å². The number of nitrogens with two attached hydrogens (primary N) is 1. The van der Waals surface area contributed by atoms with E-state index >= 15 is 0 Å². The fourth-order valence-electron chi connectivity index (χ4n) is 2.09.